The van der Waals surface area contributed by atoms with Crippen molar-refractivity contribution in [2.75, 3.05) is 85.5 Å². The van der Waals surface area contributed by atoms with E-state index in [-0.39, 0.29) is 31.1 Å². The van der Waals surface area contributed by atoms with E-state index in [2.05, 4.69) is 86.1 Å². The third-order valence-corrected chi connectivity index (χ3v) is 13.5. The maximum atomic E-state index is 12.7. The van der Waals surface area contributed by atoms with Gasteiger partial charge in [0, 0.05) is 52.4 Å². The Morgan fingerprint density at radius 2 is 0.822 bits per heavy atom. The van der Waals surface area contributed by atoms with Crippen molar-refractivity contribution >= 4 is 11.9 Å². The quantitative estimate of drug-likeness (QED) is 0.0272. The van der Waals surface area contributed by atoms with Gasteiger partial charge in [0.25, 0.3) is 0 Å². The number of hydrogen-bond donors (Lipinski definition) is 1. The molecule has 11 nitrogen and oxygen atoms in total. The summed E-state index contributed by atoms with van der Waals surface area (Å²) in [5.41, 5.74) is 0. The van der Waals surface area contributed by atoms with Gasteiger partial charge in [-0.15, -0.1) is 0 Å². The lowest BCUT2D eigenvalue weighted by Gasteiger charge is -2.34. The van der Waals surface area contributed by atoms with E-state index in [9.17, 15) is 14.7 Å². The van der Waals surface area contributed by atoms with Crippen molar-refractivity contribution in [2.24, 2.45) is 5.92 Å². The minimum absolute atomic E-state index is 0.158. The zero-order chi connectivity index (χ0) is 52.8. The van der Waals surface area contributed by atoms with Crippen LogP contribution in [-0.4, -0.2) is 125 Å². The summed E-state index contributed by atoms with van der Waals surface area (Å²) < 4.78 is 35.7. The van der Waals surface area contributed by atoms with Gasteiger partial charge in [0.2, 0.25) is 0 Å². The summed E-state index contributed by atoms with van der Waals surface area (Å²) in [4.78, 5) is 30.5. The lowest BCUT2D eigenvalue weighted by Crippen LogP contribution is -2.40. The highest BCUT2D eigenvalue weighted by Crippen LogP contribution is 2.20. The van der Waals surface area contributed by atoms with Crippen LogP contribution < -0.4 is 0 Å². The molecule has 1 N–H and O–H groups in total. The Morgan fingerprint density at radius 1 is 0.479 bits per heavy atom. The van der Waals surface area contributed by atoms with Crippen LogP contribution in [-0.2, 0) is 38.0 Å². The summed E-state index contributed by atoms with van der Waals surface area (Å²) in [5, 5.41) is 9.43. The molecule has 1 fully saturated rings. The van der Waals surface area contributed by atoms with E-state index >= 15 is 0 Å². The van der Waals surface area contributed by atoms with Crippen molar-refractivity contribution in [3.05, 3.63) is 48.6 Å². The van der Waals surface area contributed by atoms with Crippen LogP contribution in [0.25, 0.3) is 0 Å². The van der Waals surface area contributed by atoms with Crippen LogP contribution in [0.5, 0.6) is 0 Å². The second-order valence-electron chi connectivity index (χ2n) is 20.2. The molecule has 1 aliphatic rings. The minimum Gasteiger partial charge on any atom is -0.466 e. The number of unbranched alkanes of at least 4 members (excludes halogenated alkanes) is 16. The number of rotatable bonds is 54. The number of likely N-dealkylation sites (tertiary alicyclic amines) is 1. The van der Waals surface area contributed by atoms with Crippen molar-refractivity contribution in [1.29, 1.82) is 0 Å². The summed E-state index contributed by atoms with van der Waals surface area (Å²) >= 11 is 0. The molecule has 1 rings (SSSR count). The number of nitrogens with zero attached hydrogens (tertiary/aromatic N) is 2. The highest BCUT2D eigenvalue weighted by molar-refractivity contribution is 5.69. The first kappa shape index (κ1) is 68.6. The van der Waals surface area contributed by atoms with Crippen LogP contribution in [0.2, 0.25) is 0 Å². The largest absolute Gasteiger partial charge is 0.466 e. The molecule has 11 heteroatoms. The van der Waals surface area contributed by atoms with E-state index in [1.54, 1.807) is 0 Å². The standard InChI is InChI=1S/C62H114N2O9/c1-5-9-13-17-25-35-53-70-61(71-54-36-26-18-14-10-6-2)41-39-59(66)68-51-33-29-21-23-31-45-64(57-58-43-47-63(48-44-58)49-50-65)46-32-24-22-30-34-52-69-60(67)40-42-62(72-55-37-27-19-15-11-7-3)73-56-38-28-20-16-12-8-4/h9-16,58,61-62,65H,5-8,17-57H2,1-4H3/b13-9-,14-10-,15-11-,16-12-. The molecule has 0 bridgehead atoms. The van der Waals surface area contributed by atoms with Crippen molar-refractivity contribution in [3.63, 3.8) is 0 Å². The Labute approximate surface area is 449 Å². The molecular formula is C62H114N2O9. The van der Waals surface area contributed by atoms with Crippen molar-refractivity contribution in [2.45, 2.75) is 246 Å². The van der Waals surface area contributed by atoms with Crippen LogP contribution in [0.4, 0.5) is 0 Å². The predicted molar refractivity (Wildman–Crippen MR) is 304 cm³/mol. The van der Waals surface area contributed by atoms with Gasteiger partial charge in [-0.2, -0.15) is 0 Å². The van der Waals surface area contributed by atoms with E-state index in [1.807, 2.05) is 0 Å². The monoisotopic (exact) mass is 1030 g/mol. The van der Waals surface area contributed by atoms with Crippen molar-refractivity contribution in [3.8, 4) is 0 Å². The average Bonchev–Trinajstić information content (AvgIpc) is 3.39. The minimum atomic E-state index is -0.361. The molecule has 0 aliphatic carbocycles. The SMILES string of the molecule is CC/C=C\CCCCOC(CCC(=O)OCCCCCCCN(CCCCCCCOC(=O)CCC(OCCCC/C=C\CC)OCCCC/C=C\CC)CC1CCN(CCO)CC1)OCCCC/C=C\CC. The summed E-state index contributed by atoms with van der Waals surface area (Å²) in [6.07, 6.45) is 49.1. The van der Waals surface area contributed by atoms with Gasteiger partial charge in [0.1, 0.15) is 0 Å². The van der Waals surface area contributed by atoms with E-state index in [0.717, 1.165) is 181 Å². The van der Waals surface area contributed by atoms with Gasteiger partial charge in [-0.25, -0.2) is 0 Å². The number of piperidine rings is 1. The van der Waals surface area contributed by atoms with Gasteiger partial charge in [0.15, 0.2) is 12.6 Å². The lowest BCUT2D eigenvalue weighted by atomic mass is 9.96. The van der Waals surface area contributed by atoms with Crippen LogP contribution >= 0.6 is 0 Å². The fourth-order valence-electron chi connectivity index (χ4n) is 9.00. The van der Waals surface area contributed by atoms with Gasteiger partial charge >= 0.3 is 11.9 Å². The van der Waals surface area contributed by atoms with Crippen LogP contribution in [0.3, 0.4) is 0 Å². The fourth-order valence-corrected chi connectivity index (χ4v) is 9.00. The molecule has 1 aliphatic heterocycles. The molecule has 0 saturated carbocycles. The van der Waals surface area contributed by atoms with Gasteiger partial charge in [-0.1, -0.05) is 115 Å². The van der Waals surface area contributed by atoms with Crippen molar-refractivity contribution in [1.82, 2.24) is 9.80 Å². The third kappa shape index (κ3) is 46.6. The van der Waals surface area contributed by atoms with Crippen LogP contribution in [0.1, 0.15) is 233 Å². The molecule has 0 aromatic carbocycles. The molecule has 1 heterocycles. The van der Waals surface area contributed by atoms with E-state index < -0.39 is 0 Å². The molecule has 0 atom stereocenters. The highest BCUT2D eigenvalue weighted by atomic mass is 16.7. The molecule has 0 aromatic heterocycles. The van der Waals surface area contributed by atoms with E-state index in [0.29, 0.717) is 71.2 Å². The summed E-state index contributed by atoms with van der Waals surface area (Å²) in [7, 11) is 0. The zero-order valence-electron chi connectivity index (χ0n) is 47.8. The first-order valence-electron chi connectivity index (χ1n) is 30.4. The fraction of sp³-hybridized carbons (Fsp3) is 0.839. The second kappa shape index (κ2) is 54.4. The smallest absolute Gasteiger partial charge is 0.305 e. The van der Waals surface area contributed by atoms with E-state index in [4.69, 9.17) is 28.4 Å². The maximum absolute atomic E-state index is 12.7. The normalized spacial score (nSPS) is 14.0. The molecule has 1 saturated heterocycles. The molecule has 0 unspecified atom stereocenters. The Bertz CT molecular complexity index is 1180. The first-order valence-corrected chi connectivity index (χ1v) is 30.4. The van der Waals surface area contributed by atoms with Gasteiger partial charge in [-0.05, 0) is 173 Å². The molecule has 73 heavy (non-hydrogen) atoms. The summed E-state index contributed by atoms with van der Waals surface area (Å²) in [5.74, 6) is 0.399. The lowest BCUT2D eigenvalue weighted by molar-refractivity contribution is -0.159. The molecule has 426 valence electrons. The molecule has 0 amide bonds. The van der Waals surface area contributed by atoms with Crippen LogP contribution in [0, 0.1) is 5.92 Å². The topological polar surface area (TPSA) is 116 Å². The number of aliphatic hydroxyl groups excluding tert-OH is 1. The zero-order valence-corrected chi connectivity index (χ0v) is 47.8. The molecule has 0 aromatic rings. The van der Waals surface area contributed by atoms with E-state index in [1.165, 1.54) is 38.5 Å². The number of carbonyl (C=O) groups excluding carboxylic acids is 2. The Kier molecular flexibility index (Phi) is 51.2. The predicted octanol–water partition coefficient (Wildman–Crippen LogP) is 14.8. The molecule has 0 radical (unpaired) electrons. The second-order valence-corrected chi connectivity index (χ2v) is 20.2. The molecule has 0 spiro atoms. The Hall–Kier alpha value is -2.38. The average molecular weight is 1030 g/mol. The van der Waals surface area contributed by atoms with Gasteiger partial charge in [-0.3, -0.25) is 9.59 Å². The number of allylic oxidation sites excluding steroid dienone is 8. The molecular weight excluding hydrogens is 917 g/mol. The number of esters is 2. The number of hydrogen-bond acceptors (Lipinski definition) is 11. The van der Waals surface area contributed by atoms with Crippen LogP contribution in [0.15, 0.2) is 48.6 Å². The number of β-amino-alcohol motifs (C(OH)–C–C–N with tert-alkyl or cyclic N) is 1. The maximum Gasteiger partial charge on any atom is 0.305 e. The highest BCUT2D eigenvalue weighted by Gasteiger charge is 2.21. The summed E-state index contributed by atoms with van der Waals surface area (Å²) in [6.45, 7) is 18.8. The number of carbonyl (C=O) groups is 2. The number of aliphatic hydroxyl groups is 1. The summed E-state index contributed by atoms with van der Waals surface area (Å²) in [6, 6.07) is 0. The number of ether oxygens (including phenoxy) is 6. The Morgan fingerprint density at radius 3 is 1.18 bits per heavy atom. The van der Waals surface area contributed by atoms with Crippen molar-refractivity contribution < 1.29 is 43.1 Å². The third-order valence-electron chi connectivity index (χ3n) is 13.5. The first-order chi connectivity index (χ1) is 35.9. The van der Waals surface area contributed by atoms with Gasteiger partial charge in [0.05, 0.1) is 32.7 Å². The van der Waals surface area contributed by atoms with Gasteiger partial charge < -0.3 is 43.3 Å². The Balaban J connectivity index is 2.39.